The van der Waals surface area contributed by atoms with E-state index in [1.807, 2.05) is 0 Å². The number of ether oxygens (including phenoxy) is 1. The Labute approximate surface area is 111 Å². The van der Waals surface area contributed by atoms with Crippen LogP contribution in [0.2, 0.25) is 0 Å². The van der Waals surface area contributed by atoms with Gasteiger partial charge >= 0.3 is 5.97 Å². The molecule has 19 heavy (non-hydrogen) atoms. The highest BCUT2D eigenvalue weighted by atomic mass is 16.5. The van der Waals surface area contributed by atoms with Gasteiger partial charge in [-0.15, -0.1) is 0 Å². The topological polar surface area (TPSA) is 95.9 Å². The molecule has 1 unspecified atom stereocenters. The van der Waals surface area contributed by atoms with Gasteiger partial charge < -0.3 is 20.3 Å². The van der Waals surface area contributed by atoms with Gasteiger partial charge in [0.25, 0.3) is 5.91 Å². The van der Waals surface area contributed by atoms with Gasteiger partial charge in [0.05, 0.1) is 7.11 Å². The molecule has 1 rings (SSSR count). The molecule has 0 aromatic heterocycles. The maximum absolute atomic E-state index is 11.9. The van der Waals surface area contributed by atoms with Gasteiger partial charge in [-0.25, -0.2) is 4.79 Å². The van der Waals surface area contributed by atoms with Crippen LogP contribution in [-0.2, 0) is 4.79 Å². The quantitative estimate of drug-likeness (QED) is 0.746. The van der Waals surface area contributed by atoms with Crippen LogP contribution in [0.4, 0.5) is 0 Å². The van der Waals surface area contributed by atoms with Crippen molar-refractivity contribution in [2.75, 3.05) is 7.11 Å². The maximum Gasteiger partial charge on any atom is 0.326 e. The fourth-order valence-corrected chi connectivity index (χ4v) is 1.57. The zero-order valence-electron chi connectivity index (χ0n) is 11.0. The van der Waals surface area contributed by atoms with Crippen molar-refractivity contribution in [2.45, 2.75) is 19.9 Å². The Balaban J connectivity index is 2.89. The van der Waals surface area contributed by atoms with E-state index in [1.165, 1.54) is 25.3 Å². The molecule has 0 aliphatic heterocycles. The molecule has 1 aromatic rings. The van der Waals surface area contributed by atoms with Gasteiger partial charge in [-0.05, 0) is 24.1 Å². The lowest BCUT2D eigenvalue weighted by atomic mass is 10.0. The number of rotatable bonds is 5. The molecular weight excluding hydrogens is 250 g/mol. The number of methoxy groups -OCH3 is 1. The van der Waals surface area contributed by atoms with E-state index in [0.29, 0.717) is 0 Å². The van der Waals surface area contributed by atoms with Crippen molar-refractivity contribution in [1.82, 2.24) is 5.32 Å². The summed E-state index contributed by atoms with van der Waals surface area (Å²) in [5.41, 5.74) is 0.171. The predicted molar refractivity (Wildman–Crippen MR) is 68.4 cm³/mol. The average molecular weight is 267 g/mol. The normalized spacial score (nSPS) is 12.0. The first kappa shape index (κ1) is 14.8. The molecule has 0 fully saturated rings. The van der Waals surface area contributed by atoms with Crippen molar-refractivity contribution < 1.29 is 24.5 Å². The number of carbonyl (C=O) groups excluding carboxylic acids is 1. The Hall–Kier alpha value is -2.24. The highest BCUT2D eigenvalue weighted by Gasteiger charge is 2.24. The van der Waals surface area contributed by atoms with Crippen molar-refractivity contribution in [3.05, 3.63) is 23.8 Å². The van der Waals surface area contributed by atoms with Crippen molar-refractivity contribution in [1.29, 1.82) is 0 Å². The van der Waals surface area contributed by atoms with Crippen LogP contribution >= 0.6 is 0 Å². The number of hydrogen-bond donors (Lipinski definition) is 3. The number of carboxylic acid groups (broad SMARTS) is 1. The molecule has 0 aliphatic carbocycles. The van der Waals surface area contributed by atoms with Gasteiger partial charge in [0.15, 0.2) is 11.5 Å². The van der Waals surface area contributed by atoms with Crippen LogP contribution in [-0.4, -0.2) is 35.2 Å². The van der Waals surface area contributed by atoms with Crippen LogP contribution in [0.1, 0.15) is 24.2 Å². The molecule has 0 saturated heterocycles. The summed E-state index contributed by atoms with van der Waals surface area (Å²) in [6.45, 7) is 3.40. The number of nitrogens with one attached hydrogen (secondary N) is 1. The molecule has 1 amide bonds. The highest BCUT2D eigenvalue weighted by molar-refractivity contribution is 5.97. The van der Waals surface area contributed by atoms with E-state index in [2.05, 4.69) is 5.32 Å². The molecule has 3 N–H and O–H groups in total. The van der Waals surface area contributed by atoms with E-state index >= 15 is 0 Å². The van der Waals surface area contributed by atoms with Gasteiger partial charge in [0, 0.05) is 5.56 Å². The zero-order valence-corrected chi connectivity index (χ0v) is 11.0. The second-order valence-electron chi connectivity index (χ2n) is 4.42. The summed E-state index contributed by atoms with van der Waals surface area (Å²) in [6.07, 6.45) is 0. The number of hydrogen-bond acceptors (Lipinski definition) is 4. The number of phenols is 1. The number of amides is 1. The summed E-state index contributed by atoms with van der Waals surface area (Å²) >= 11 is 0. The zero-order chi connectivity index (χ0) is 14.6. The third kappa shape index (κ3) is 3.61. The molecule has 0 saturated carbocycles. The van der Waals surface area contributed by atoms with Crippen LogP contribution in [0.15, 0.2) is 18.2 Å². The van der Waals surface area contributed by atoms with E-state index in [-0.39, 0.29) is 23.0 Å². The van der Waals surface area contributed by atoms with E-state index < -0.39 is 17.9 Å². The number of aliphatic carboxylic acids is 1. The van der Waals surface area contributed by atoms with E-state index in [0.717, 1.165) is 0 Å². The molecule has 1 atom stereocenters. The second-order valence-corrected chi connectivity index (χ2v) is 4.42. The largest absolute Gasteiger partial charge is 0.504 e. The first-order valence-corrected chi connectivity index (χ1v) is 5.77. The van der Waals surface area contributed by atoms with Gasteiger partial charge in [0.1, 0.15) is 6.04 Å². The number of carboxylic acids is 1. The van der Waals surface area contributed by atoms with E-state index in [4.69, 9.17) is 9.84 Å². The standard InChI is InChI=1S/C13H17NO5/c1-7(2)11(13(17)18)14-12(16)8-4-5-10(19-3)9(15)6-8/h4-7,11,15H,1-3H3,(H,14,16)(H,17,18). The van der Waals surface area contributed by atoms with Crippen molar-refractivity contribution in [3.8, 4) is 11.5 Å². The predicted octanol–water partition coefficient (Wildman–Crippen LogP) is 1.24. The summed E-state index contributed by atoms with van der Waals surface area (Å²) in [7, 11) is 1.40. The second kappa shape index (κ2) is 6.08. The first-order valence-electron chi connectivity index (χ1n) is 5.77. The molecule has 0 heterocycles. The maximum atomic E-state index is 11.9. The smallest absolute Gasteiger partial charge is 0.326 e. The summed E-state index contributed by atoms with van der Waals surface area (Å²) in [5, 5.41) is 21.0. The Morgan fingerprint density at radius 2 is 1.95 bits per heavy atom. The number of carbonyl (C=O) groups is 2. The van der Waals surface area contributed by atoms with Gasteiger partial charge in [-0.1, -0.05) is 13.8 Å². The first-order chi connectivity index (χ1) is 8.86. The van der Waals surface area contributed by atoms with Crippen molar-refractivity contribution in [2.24, 2.45) is 5.92 Å². The van der Waals surface area contributed by atoms with Crippen molar-refractivity contribution >= 4 is 11.9 Å². The highest BCUT2D eigenvalue weighted by Crippen LogP contribution is 2.26. The molecule has 0 radical (unpaired) electrons. The average Bonchev–Trinajstić information content (AvgIpc) is 2.34. The third-order valence-electron chi connectivity index (χ3n) is 2.66. The van der Waals surface area contributed by atoms with E-state index in [9.17, 15) is 14.7 Å². The van der Waals surface area contributed by atoms with Crippen LogP contribution in [0.3, 0.4) is 0 Å². The molecule has 6 nitrogen and oxygen atoms in total. The summed E-state index contributed by atoms with van der Waals surface area (Å²) in [6, 6.07) is 3.15. The molecule has 0 spiro atoms. The Bertz CT molecular complexity index is 484. The summed E-state index contributed by atoms with van der Waals surface area (Å²) < 4.78 is 4.86. The molecule has 104 valence electrons. The van der Waals surface area contributed by atoms with Gasteiger partial charge in [-0.2, -0.15) is 0 Å². The Morgan fingerprint density at radius 3 is 2.37 bits per heavy atom. The van der Waals surface area contributed by atoms with Crippen LogP contribution in [0.25, 0.3) is 0 Å². The summed E-state index contributed by atoms with van der Waals surface area (Å²) in [5.74, 6) is -1.82. The lowest BCUT2D eigenvalue weighted by Gasteiger charge is -2.18. The number of aromatic hydroxyl groups is 1. The fourth-order valence-electron chi connectivity index (χ4n) is 1.57. The minimum Gasteiger partial charge on any atom is -0.504 e. The van der Waals surface area contributed by atoms with Crippen LogP contribution in [0, 0.1) is 5.92 Å². The number of benzene rings is 1. The summed E-state index contributed by atoms with van der Waals surface area (Å²) in [4.78, 5) is 22.9. The minimum absolute atomic E-state index is 0.171. The van der Waals surface area contributed by atoms with Crippen molar-refractivity contribution in [3.63, 3.8) is 0 Å². The molecule has 6 heteroatoms. The molecule has 0 aliphatic rings. The fraction of sp³-hybridized carbons (Fsp3) is 0.385. The monoisotopic (exact) mass is 267 g/mol. The Morgan fingerprint density at radius 1 is 1.32 bits per heavy atom. The molecular formula is C13H17NO5. The lowest BCUT2D eigenvalue weighted by molar-refractivity contribution is -0.140. The Kier molecular flexibility index (Phi) is 4.74. The molecule has 0 bridgehead atoms. The van der Waals surface area contributed by atoms with Crippen LogP contribution < -0.4 is 10.1 Å². The lowest BCUT2D eigenvalue weighted by Crippen LogP contribution is -2.44. The molecule has 1 aromatic carbocycles. The minimum atomic E-state index is -1.10. The van der Waals surface area contributed by atoms with Gasteiger partial charge in [-0.3, -0.25) is 4.79 Å². The third-order valence-corrected chi connectivity index (χ3v) is 2.66. The number of phenolic OH excluding ortho intramolecular Hbond substituents is 1. The van der Waals surface area contributed by atoms with E-state index in [1.54, 1.807) is 13.8 Å². The van der Waals surface area contributed by atoms with Gasteiger partial charge in [0.2, 0.25) is 0 Å². The SMILES string of the molecule is COc1ccc(C(=O)NC(C(=O)O)C(C)C)cc1O. The van der Waals surface area contributed by atoms with Crippen LogP contribution in [0.5, 0.6) is 11.5 Å².